The number of nitrogens with one attached hydrogen (secondary N) is 3. The first-order valence-electron chi connectivity index (χ1n) is 12.9. The minimum Gasteiger partial charge on any atom is -0.382 e. The summed E-state index contributed by atoms with van der Waals surface area (Å²) in [5.74, 6) is -2.23. The van der Waals surface area contributed by atoms with Crippen LogP contribution in [0.1, 0.15) is 46.4 Å². The summed E-state index contributed by atoms with van der Waals surface area (Å²) < 4.78 is 39.4. The zero-order valence-corrected chi connectivity index (χ0v) is 22.3. The van der Waals surface area contributed by atoms with E-state index in [9.17, 15) is 27.6 Å². The Balaban J connectivity index is 1.14. The van der Waals surface area contributed by atoms with Crippen molar-refractivity contribution in [2.75, 3.05) is 57.9 Å². The van der Waals surface area contributed by atoms with Gasteiger partial charge in [-0.2, -0.15) is 17.4 Å². The number of nitrogens with two attached hydrogens (primary N) is 1. The van der Waals surface area contributed by atoms with Gasteiger partial charge < -0.3 is 20.5 Å². The van der Waals surface area contributed by atoms with E-state index in [1.807, 2.05) is 0 Å². The number of carbonyl (C=O) groups is 4. The van der Waals surface area contributed by atoms with E-state index in [4.69, 9.17) is 15.2 Å². The SMILES string of the molecule is NC1CCN(S(=O)(=O)NCCOCCOCCNc2cccc3c2C(=O)N(C2CCC(=O)NC2=O)C3=O)CC1. The third-order valence-electron chi connectivity index (χ3n) is 6.77. The van der Waals surface area contributed by atoms with Crippen LogP contribution < -0.4 is 21.1 Å². The van der Waals surface area contributed by atoms with Gasteiger partial charge in [-0.05, 0) is 31.4 Å². The van der Waals surface area contributed by atoms with Crippen LogP contribution in [0.2, 0.25) is 0 Å². The van der Waals surface area contributed by atoms with E-state index in [0.29, 0.717) is 38.2 Å². The lowest BCUT2D eigenvalue weighted by atomic mass is 10.0. The maximum atomic E-state index is 13.1. The molecule has 2 fully saturated rings. The number of piperidine rings is 2. The van der Waals surface area contributed by atoms with Gasteiger partial charge in [0, 0.05) is 44.3 Å². The molecule has 15 heteroatoms. The lowest BCUT2D eigenvalue weighted by Crippen LogP contribution is -2.54. The average molecular weight is 567 g/mol. The number of hydrogen-bond acceptors (Lipinski definition) is 10. The molecule has 214 valence electrons. The molecule has 39 heavy (non-hydrogen) atoms. The van der Waals surface area contributed by atoms with E-state index >= 15 is 0 Å². The van der Waals surface area contributed by atoms with Crippen molar-refractivity contribution in [3.05, 3.63) is 29.3 Å². The average Bonchev–Trinajstić information content (AvgIpc) is 3.15. The van der Waals surface area contributed by atoms with Crippen molar-refractivity contribution in [1.82, 2.24) is 19.2 Å². The van der Waals surface area contributed by atoms with Crippen LogP contribution in [0, 0.1) is 0 Å². The van der Waals surface area contributed by atoms with E-state index in [0.717, 1.165) is 4.90 Å². The molecule has 0 aliphatic carbocycles. The van der Waals surface area contributed by atoms with Gasteiger partial charge in [-0.15, -0.1) is 0 Å². The third-order valence-corrected chi connectivity index (χ3v) is 8.39. The first-order valence-corrected chi connectivity index (χ1v) is 14.4. The summed E-state index contributed by atoms with van der Waals surface area (Å²) in [7, 11) is -3.54. The minimum absolute atomic E-state index is 0.0468. The fraction of sp³-hybridized carbons (Fsp3) is 0.583. The number of imide groups is 2. The van der Waals surface area contributed by atoms with Crippen LogP contribution in [0.25, 0.3) is 0 Å². The number of nitrogens with zero attached hydrogens (tertiary/aromatic N) is 2. The summed E-state index contributed by atoms with van der Waals surface area (Å²) in [4.78, 5) is 50.6. The van der Waals surface area contributed by atoms with Crippen molar-refractivity contribution in [3.8, 4) is 0 Å². The zero-order valence-electron chi connectivity index (χ0n) is 21.5. The molecular formula is C24H34N6O8S. The molecule has 1 unspecified atom stereocenters. The number of anilines is 1. The summed E-state index contributed by atoms with van der Waals surface area (Å²) in [6.45, 7) is 2.35. The molecule has 14 nitrogen and oxygen atoms in total. The predicted molar refractivity (Wildman–Crippen MR) is 139 cm³/mol. The Labute approximate surface area is 226 Å². The van der Waals surface area contributed by atoms with E-state index in [-0.39, 0.29) is 63.0 Å². The van der Waals surface area contributed by atoms with Gasteiger partial charge in [-0.25, -0.2) is 0 Å². The monoisotopic (exact) mass is 566 g/mol. The number of carbonyl (C=O) groups excluding carboxylic acids is 4. The zero-order chi connectivity index (χ0) is 28.0. The summed E-state index contributed by atoms with van der Waals surface area (Å²) >= 11 is 0. The van der Waals surface area contributed by atoms with Gasteiger partial charge in [0.05, 0.1) is 37.6 Å². The second-order valence-corrected chi connectivity index (χ2v) is 11.2. The molecule has 2 saturated heterocycles. The van der Waals surface area contributed by atoms with Gasteiger partial charge in [0.15, 0.2) is 0 Å². The topological polar surface area (TPSA) is 189 Å². The summed E-state index contributed by atoms with van der Waals surface area (Å²) in [5, 5.41) is 5.27. The van der Waals surface area contributed by atoms with Crippen LogP contribution in [-0.2, 0) is 29.3 Å². The minimum atomic E-state index is -3.54. The first-order chi connectivity index (χ1) is 18.7. The number of benzene rings is 1. The van der Waals surface area contributed by atoms with Gasteiger partial charge in [-0.1, -0.05) is 6.07 Å². The highest BCUT2D eigenvalue weighted by atomic mass is 32.2. The lowest BCUT2D eigenvalue weighted by Gasteiger charge is -2.29. The molecule has 0 saturated carbocycles. The number of amides is 4. The number of hydrogen-bond donors (Lipinski definition) is 4. The Hall–Kier alpha value is -2.95. The largest absolute Gasteiger partial charge is 0.382 e. The molecule has 3 heterocycles. The fourth-order valence-corrected chi connectivity index (χ4v) is 5.91. The van der Waals surface area contributed by atoms with Crippen LogP contribution in [0.4, 0.5) is 5.69 Å². The quantitative estimate of drug-likeness (QED) is 0.167. The van der Waals surface area contributed by atoms with Crippen molar-refractivity contribution >= 4 is 39.5 Å². The molecule has 4 rings (SSSR count). The molecule has 3 aliphatic heterocycles. The summed E-state index contributed by atoms with van der Waals surface area (Å²) in [6.07, 6.45) is 1.44. The Bertz CT molecular complexity index is 1200. The molecule has 3 aliphatic rings. The van der Waals surface area contributed by atoms with Crippen LogP contribution >= 0.6 is 0 Å². The van der Waals surface area contributed by atoms with Crippen molar-refractivity contribution in [1.29, 1.82) is 0 Å². The van der Waals surface area contributed by atoms with Crippen LogP contribution in [-0.4, -0.2) is 106 Å². The van der Waals surface area contributed by atoms with Crippen LogP contribution in [0.3, 0.4) is 0 Å². The molecule has 1 atom stereocenters. The van der Waals surface area contributed by atoms with Crippen LogP contribution in [0.5, 0.6) is 0 Å². The number of ether oxygens (including phenoxy) is 2. The molecule has 1 aromatic carbocycles. The van der Waals surface area contributed by atoms with Crippen molar-refractivity contribution in [2.24, 2.45) is 5.73 Å². The number of fused-ring (bicyclic) bond motifs is 1. The molecule has 0 spiro atoms. The highest BCUT2D eigenvalue weighted by Crippen LogP contribution is 2.32. The molecule has 0 radical (unpaired) electrons. The molecule has 0 aromatic heterocycles. The second-order valence-electron chi connectivity index (χ2n) is 9.46. The maximum Gasteiger partial charge on any atom is 0.279 e. The van der Waals surface area contributed by atoms with Gasteiger partial charge in [0.25, 0.3) is 22.0 Å². The van der Waals surface area contributed by atoms with E-state index < -0.39 is 39.9 Å². The maximum absolute atomic E-state index is 13.1. The Morgan fingerprint density at radius 1 is 0.949 bits per heavy atom. The molecular weight excluding hydrogens is 532 g/mol. The van der Waals surface area contributed by atoms with Gasteiger partial charge in [0.2, 0.25) is 11.8 Å². The predicted octanol–water partition coefficient (Wildman–Crippen LogP) is -1.21. The van der Waals surface area contributed by atoms with Crippen molar-refractivity contribution < 1.29 is 37.1 Å². The standard InChI is InChI=1S/C24H34N6O8S/c25-16-6-10-29(11-7-16)39(35,36)27-9-13-38-15-14-37-12-8-26-18-3-1-2-17-21(18)24(34)30(23(17)33)19-4-5-20(31)28-22(19)32/h1-3,16,19,26-27H,4-15,25H2,(H,28,31,32). The Morgan fingerprint density at radius 2 is 1.64 bits per heavy atom. The molecule has 5 N–H and O–H groups in total. The lowest BCUT2D eigenvalue weighted by molar-refractivity contribution is -0.136. The van der Waals surface area contributed by atoms with Crippen molar-refractivity contribution in [2.45, 2.75) is 37.8 Å². The Kier molecular flexibility index (Phi) is 9.63. The number of rotatable bonds is 13. The second kappa shape index (κ2) is 12.9. The van der Waals surface area contributed by atoms with Crippen molar-refractivity contribution in [3.63, 3.8) is 0 Å². The molecule has 4 amide bonds. The van der Waals surface area contributed by atoms with Gasteiger partial charge in [0.1, 0.15) is 6.04 Å². The fourth-order valence-electron chi connectivity index (χ4n) is 4.69. The summed E-state index contributed by atoms with van der Waals surface area (Å²) in [5.41, 5.74) is 6.64. The first kappa shape index (κ1) is 29.0. The van der Waals surface area contributed by atoms with Gasteiger partial charge in [-0.3, -0.25) is 29.4 Å². The Morgan fingerprint density at radius 3 is 2.33 bits per heavy atom. The summed E-state index contributed by atoms with van der Waals surface area (Å²) in [6, 6.07) is 3.86. The highest BCUT2D eigenvalue weighted by molar-refractivity contribution is 7.87. The van der Waals surface area contributed by atoms with Crippen LogP contribution in [0.15, 0.2) is 18.2 Å². The smallest absolute Gasteiger partial charge is 0.279 e. The van der Waals surface area contributed by atoms with E-state index in [2.05, 4.69) is 15.4 Å². The van der Waals surface area contributed by atoms with E-state index in [1.54, 1.807) is 12.1 Å². The van der Waals surface area contributed by atoms with E-state index in [1.165, 1.54) is 10.4 Å². The van der Waals surface area contributed by atoms with Gasteiger partial charge >= 0.3 is 0 Å². The third kappa shape index (κ3) is 6.98. The normalized spacial score (nSPS) is 20.8. The highest BCUT2D eigenvalue weighted by Gasteiger charge is 2.45. The molecule has 0 bridgehead atoms. The molecule has 1 aromatic rings.